The summed E-state index contributed by atoms with van der Waals surface area (Å²) in [4.78, 5) is 0.153. The van der Waals surface area contributed by atoms with E-state index in [9.17, 15) is 8.42 Å². The molecule has 104 valence electrons. The summed E-state index contributed by atoms with van der Waals surface area (Å²) in [7, 11) is -3.82. The molecular formula is C16H14CaO3S. The third kappa shape index (κ3) is 3.09. The van der Waals surface area contributed by atoms with Gasteiger partial charge in [-0.25, -0.2) is 0 Å². The molecule has 21 heavy (non-hydrogen) atoms. The summed E-state index contributed by atoms with van der Waals surface area (Å²) in [6.45, 7) is 3.30. The van der Waals surface area contributed by atoms with E-state index in [0.717, 1.165) is 22.4 Å². The molecular weight excluding hydrogens is 312 g/mol. The second kappa shape index (κ2) is 6.36. The van der Waals surface area contributed by atoms with Crippen LogP contribution in [-0.2, 0) is 14.3 Å². The van der Waals surface area contributed by atoms with Gasteiger partial charge in [0.25, 0.3) is 0 Å². The molecule has 0 aliphatic rings. The Hall–Kier alpha value is -1.07. The topological polar surface area (TPSA) is 43.4 Å². The fraction of sp³-hybridized carbons (Fsp3) is 0. The Bertz CT molecular complexity index is 917. The van der Waals surface area contributed by atoms with E-state index in [-0.39, 0.29) is 42.6 Å². The van der Waals surface area contributed by atoms with Crippen molar-refractivity contribution in [2.75, 3.05) is 0 Å². The number of rotatable bonds is 3. The second-order valence-corrected chi connectivity index (χ2v) is 5.93. The SMILES string of the molecule is C=COS(=O)(=O)c1cccc2cc3ccccc3cc12.[CaH2]. The molecule has 0 aromatic heterocycles. The van der Waals surface area contributed by atoms with Gasteiger partial charge in [0, 0.05) is 5.39 Å². The van der Waals surface area contributed by atoms with Gasteiger partial charge in [-0.1, -0.05) is 43.0 Å². The second-order valence-electron chi connectivity index (χ2n) is 4.39. The third-order valence-corrected chi connectivity index (χ3v) is 4.45. The first-order valence-electron chi connectivity index (χ1n) is 6.07. The van der Waals surface area contributed by atoms with E-state index in [1.165, 1.54) is 6.07 Å². The van der Waals surface area contributed by atoms with Crippen LogP contribution in [0.3, 0.4) is 0 Å². The van der Waals surface area contributed by atoms with Crippen molar-refractivity contribution in [1.29, 1.82) is 0 Å². The molecule has 0 saturated heterocycles. The Labute approximate surface area is 153 Å². The van der Waals surface area contributed by atoms with Gasteiger partial charge < -0.3 is 4.18 Å². The monoisotopic (exact) mass is 326 g/mol. The molecule has 0 heterocycles. The molecule has 0 amide bonds. The van der Waals surface area contributed by atoms with Gasteiger partial charge in [0.15, 0.2) is 0 Å². The number of fused-ring (bicyclic) bond motifs is 2. The molecule has 5 heteroatoms. The fourth-order valence-electron chi connectivity index (χ4n) is 2.30. The molecule has 0 fully saturated rings. The third-order valence-electron chi connectivity index (χ3n) is 3.17. The van der Waals surface area contributed by atoms with Crippen molar-refractivity contribution in [3.63, 3.8) is 0 Å². The molecule has 0 radical (unpaired) electrons. The molecule has 3 aromatic rings. The summed E-state index contributed by atoms with van der Waals surface area (Å²) in [5, 5.41) is 3.56. The van der Waals surface area contributed by atoms with Gasteiger partial charge in [-0.2, -0.15) is 8.42 Å². The van der Waals surface area contributed by atoms with Crippen molar-refractivity contribution in [1.82, 2.24) is 0 Å². The molecule has 0 atom stereocenters. The fourth-order valence-corrected chi connectivity index (χ4v) is 3.27. The van der Waals surface area contributed by atoms with E-state index in [2.05, 4.69) is 10.8 Å². The summed E-state index contributed by atoms with van der Waals surface area (Å²) in [5.74, 6) is 0. The van der Waals surface area contributed by atoms with E-state index in [0.29, 0.717) is 5.39 Å². The van der Waals surface area contributed by atoms with Gasteiger partial charge in [0.1, 0.15) is 4.90 Å². The molecule has 3 aromatic carbocycles. The van der Waals surface area contributed by atoms with Crippen molar-refractivity contribution in [2.24, 2.45) is 0 Å². The van der Waals surface area contributed by atoms with Crippen molar-refractivity contribution in [3.05, 3.63) is 67.4 Å². The molecule has 3 nitrogen and oxygen atoms in total. The van der Waals surface area contributed by atoms with Crippen LogP contribution in [0.2, 0.25) is 0 Å². The van der Waals surface area contributed by atoms with Crippen LogP contribution < -0.4 is 0 Å². The molecule has 0 unspecified atom stereocenters. The zero-order valence-electron chi connectivity index (χ0n) is 10.6. The van der Waals surface area contributed by atoms with Gasteiger partial charge >= 0.3 is 47.9 Å². The van der Waals surface area contributed by atoms with Crippen LogP contribution >= 0.6 is 0 Å². The van der Waals surface area contributed by atoms with Crippen LogP contribution in [-0.4, -0.2) is 46.2 Å². The summed E-state index contributed by atoms with van der Waals surface area (Å²) in [6, 6.07) is 16.8. The zero-order chi connectivity index (χ0) is 14.2. The Morgan fingerprint density at radius 3 is 2.19 bits per heavy atom. The Morgan fingerprint density at radius 1 is 0.905 bits per heavy atom. The van der Waals surface area contributed by atoms with E-state index in [1.54, 1.807) is 6.07 Å². The quantitative estimate of drug-likeness (QED) is 0.322. The van der Waals surface area contributed by atoms with E-state index >= 15 is 0 Å². The van der Waals surface area contributed by atoms with Gasteiger partial charge in [-0.05, 0) is 34.4 Å². The average Bonchev–Trinajstić information content (AvgIpc) is 2.44. The number of hydrogen-bond donors (Lipinski definition) is 0. The maximum atomic E-state index is 12.1. The average molecular weight is 326 g/mol. The molecule has 0 saturated carbocycles. The van der Waals surface area contributed by atoms with Crippen LogP contribution in [0, 0.1) is 0 Å². The van der Waals surface area contributed by atoms with Crippen molar-refractivity contribution in [3.8, 4) is 0 Å². The minimum absolute atomic E-state index is 0. The Balaban J connectivity index is 0.00000161. The molecule has 0 aliphatic heterocycles. The van der Waals surface area contributed by atoms with Crippen molar-refractivity contribution in [2.45, 2.75) is 4.90 Å². The minimum atomic E-state index is -3.82. The first-order valence-corrected chi connectivity index (χ1v) is 7.48. The summed E-state index contributed by atoms with van der Waals surface area (Å²) in [6.07, 6.45) is 0.926. The molecule has 3 rings (SSSR count). The predicted molar refractivity (Wildman–Crippen MR) is 88.5 cm³/mol. The van der Waals surface area contributed by atoms with Gasteiger partial charge in [-0.3, -0.25) is 0 Å². The van der Waals surface area contributed by atoms with E-state index < -0.39 is 10.1 Å². The normalized spacial score (nSPS) is 11.0. The zero-order valence-corrected chi connectivity index (χ0v) is 11.4. The maximum absolute atomic E-state index is 12.1. The number of hydrogen-bond acceptors (Lipinski definition) is 3. The van der Waals surface area contributed by atoms with Crippen LogP contribution in [0.5, 0.6) is 0 Å². The molecule has 0 spiro atoms. The van der Waals surface area contributed by atoms with E-state index in [1.807, 2.05) is 42.5 Å². The summed E-state index contributed by atoms with van der Waals surface area (Å²) >= 11 is 0. The predicted octanol–water partition coefficient (Wildman–Crippen LogP) is 2.93. The first kappa shape index (κ1) is 16.3. The van der Waals surface area contributed by atoms with Gasteiger partial charge in [0.2, 0.25) is 0 Å². The Morgan fingerprint density at radius 2 is 1.52 bits per heavy atom. The van der Waals surface area contributed by atoms with Crippen LogP contribution in [0.25, 0.3) is 21.5 Å². The van der Waals surface area contributed by atoms with Crippen LogP contribution in [0.15, 0.2) is 72.3 Å². The van der Waals surface area contributed by atoms with Gasteiger partial charge in [-0.15, -0.1) is 0 Å². The van der Waals surface area contributed by atoms with E-state index in [4.69, 9.17) is 0 Å². The first-order chi connectivity index (χ1) is 9.62. The molecule has 0 bridgehead atoms. The number of benzene rings is 3. The summed E-state index contributed by atoms with van der Waals surface area (Å²) < 4.78 is 28.8. The van der Waals surface area contributed by atoms with Crippen molar-refractivity contribution < 1.29 is 12.6 Å². The standard InChI is InChI=1S/C16H12O3S.Ca.2H/c1-2-19-20(17,18)16-9-5-8-14-10-12-6-3-4-7-13(12)11-15(14)16;;;/h2-11H,1H2;;;. The summed E-state index contributed by atoms with van der Waals surface area (Å²) in [5.41, 5.74) is 0. The van der Waals surface area contributed by atoms with Gasteiger partial charge in [0.05, 0.1) is 6.26 Å². The Kier molecular flexibility index (Phi) is 4.94. The van der Waals surface area contributed by atoms with Crippen LogP contribution in [0.1, 0.15) is 0 Å². The van der Waals surface area contributed by atoms with Crippen LogP contribution in [0.4, 0.5) is 0 Å². The molecule has 0 N–H and O–H groups in total. The van der Waals surface area contributed by atoms with Crippen molar-refractivity contribution >= 4 is 69.4 Å². The molecule has 0 aliphatic carbocycles.